The minimum atomic E-state index is 0.0707. The number of benzene rings is 1. The Hall–Kier alpha value is -1.71. The second-order valence-electron chi connectivity index (χ2n) is 6.08. The highest BCUT2D eigenvalue weighted by molar-refractivity contribution is 5.78. The topological polar surface area (TPSA) is 47.6 Å². The Balaban J connectivity index is 2.07. The number of rotatable bonds is 8. The van der Waals surface area contributed by atoms with Gasteiger partial charge in [-0.2, -0.15) is 0 Å². The van der Waals surface area contributed by atoms with Crippen LogP contribution in [0.15, 0.2) is 18.2 Å². The lowest BCUT2D eigenvalue weighted by molar-refractivity contribution is -0.125. The molecule has 0 bridgehead atoms. The summed E-state index contributed by atoms with van der Waals surface area (Å²) >= 11 is 0. The van der Waals surface area contributed by atoms with Crippen LogP contribution in [0.5, 0.6) is 11.5 Å². The predicted molar refractivity (Wildman–Crippen MR) is 87.5 cm³/mol. The van der Waals surface area contributed by atoms with E-state index >= 15 is 0 Å². The second-order valence-corrected chi connectivity index (χ2v) is 6.08. The zero-order chi connectivity index (χ0) is 16.2. The predicted octanol–water partition coefficient (Wildman–Crippen LogP) is 3.29. The van der Waals surface area contributed by atoms with Crippen LogP contribution in [0.25, 0.3) is 0 Å². The fourth-order valence-corrected chi connectivity index (χ4v) is 2.94. The van der Waals surface area contributed by atoms with Gasteiger partial charge in [0.25, 0.3) is 0 Å². The first-order valence-electron chi connectivity index (χ1n) is 8.10. The maximum atomic E-state index is 12.2. The van der Waals surface area contributed by atoms with Gasteiger partial charge in [0.1, 0.15) is 0 Å². The third kappa shape index (κ3) is 3.37. The second kappa shape index (κ2) is 7.03. The lowest BCUT2D eigenvalue weighted by atomic mass is 9.94. The highest BCUT2D eigenvalue weighted by atomic mass is 16.5. The molecule has 0 radical (unpaired) electrons. The molecular weight excluding hydrogens is 278 g/mol. The monoisotopic (exact) mass is 305 g/mol. The number of carbonyl (C=O) groups is 1. The summed E-state index contributed by atoms with van der Waals surface area (Å²) in [6.45, 7) is 4.84. The number of amides is 1. The minimum absolute atomic E-state index is 0.0707. The van der Waals surface area contributed by atoms with Crippen LogP contribution in [0, 0.1) is 5.92 Å². The highest BCUT2D eigenvalue weighted by Crippen LogP contribution is 2.49. The number of methoxy groups -OCH3 is 2. The number of carbonyl (C=O) groups excluding carboxylic acids is 1. The van der Waals surface area contributed by atoms with Crippen molar-refractivity contribution in [2.24, 2.45) is 5.92 Å². The van der Waals surface area contributed by atoms with Gasteiger partial charge in [0.05, 0.1) is 14.2 Å². The lowest BCUT2D eigenvalue weighted by Gasteiger charge is -2.20. The average molecular weight is 305 g/mol. The van der Waals surface area contributed by atoms with Crippen LogP contribution >= 0.6 is 0 Å². The van der Waals surface area contributed by atoms with Gasteiger partial charge in [0, 0.05) is 17.9 Å². The van der Waals surface area contributed by atoms with E-state index in [2.05, 4.69) is 25.2 Å². The fourth-order valence-electron chi connectivity index (χ4n) is 2.94. The Morgan fingerprint density at radius 3 is 2.32 bits per heavy atom. The van der Waals surface area contributed by atoms with Crippen LogP contribution in [-0.4, -0.2) is 26.7 Å². The summed E-state index contributed by atoms with van der Waals surface area (Å²) in [4.78, 5) is 12.2. The van der Waals surface area contributed by atoms with Gasteiger partial charge in [-0.05, 0) is 43.4 Å². The molecule has 0 aliphatic heterocycles. The molecule has 1 fully saturated rings. The van der Waals surface area contributed by atoms with Gasteiger partial charge in [-0.25, -0.2) is 0 Å². The van der Waals surface area contributed by atoms with Crippen molar-refractivity contribution in [2.45, 2.75) is 44.9 Å². The fraction of sp³-hybridized carbons (Fsp3) is 0.611. The highest BCUT2D eigenvalue weighted by Gasteiger charge is 2.44. The Bertz CT molecular complexity index is 519. The molecule has 0 aromatic heterocycles. The summed E-state index contributed by atoms with van der Waals surface area (Å²) in [5.74, 6) is 1.79. The summed E-state index contributed by atoms with van der Waals surface area (Å²) in [6.07, 6.45) is 3.99. The number of nitrogens with one attached hydrogen (secondary N) is 1. The van der Waals surface area contributed by atoms with Crippen molar-refractivity contribution in [3.8, 4) is 11.5 Å². The smallest absolute Gasteiger partial charge is 0.223 e. The van der Waals surface area contributed by atoms with Gasteiger partial charge in [0.15, 0.2) is 11.5 Å². The third-order valence-electron chi connectivity index (χ3n) is 4.81. The first-order valence-corrected chi connectivity index (χ1v) is 8.10. The maximum absolute atomic E-state index is 12.2. The minimum Gasteiger partial charge on any atom is -0.493 e. The number of ether oxygens (including phenoxy) is 2. The Labute approximate surface area is 133 Å². The molecule has 1 aliphatic carbocycles. The molecule has 2 rings (SSSR count). The van der Waals surface area contributed by atoms with Gasteiger partial charge in [0.2, 0.25) is 5.91 Å². The van der Waals surface area contributed by atoms with Crippen LogP contribution in [0.4, 0.5) is 0 Å². The Morgan fingerprint density at radius 2 is 1.82 bits per heavy atom. The molecule has 122 valence electrons. The van der Waals surface area contributed by atoms with Crippen molar-refractivity contribution in [1.29, 1.82) is 0 Å². The van der Waals surface area contributed by atoms with Gasteiger partial charge < -0.3 is 14.8 Å². The van der Waals surface area contributed by atoms with Gasteiger partial charge >= 0.3 is 0 Å². The first kappa shape index (κ1) is 16.7. The first-order chi connectivity index (χ1) is 10.6. The average Bonchev–Trinajstić information content (AvgIpc) is 3.34. The third-order valence-corrected chi connectivity index (χ3v) is 4.81. The molecule has 0 atom stereocenters. The molecule has 0 spiro atoms. The Kier molecular flexibility index (Phi) is 5.33. The van der Waals surface area contributed by atoms with Crippen molar-refractivity contribution in [3.05, 3.63) is 23.8 Å². The van der Waals surface area contributed by atoms with Crippen LogP contribution in [0.2, 0.25) is 0 Å². The molecule has 1 amide bonds. The van der Waals surface area contributed by atoms with E-state index in [1.165, 1.54) is 5.56 Å². The van der Waals surface area contributed by atoms with Crippen LogP contribution < -0.4 is 14.8 Å². The van der Waals surface area contributed by atoms with Crippen molar-refractivity contribution >= 4 is 5.91 Å². The van der Waals surface area contributed by atoms with Crippen LogP contribution in [-0.2, 0) is 10.2 Å². The van der Waals surface area contributed by atoms with Gasteiger partial charge in [-0.3, -0.25) is 4.79 Å². The van der Waals surface area contributed by atoms with Crippen LogP contribution in [0.3, 0.4) is 0 Å². The molecule has 0 saturated heterocycles. The van der Waals surface area contributed by atoms with E-state index in [-0.39, 0.29) is 17.2 Å². The summed E-state index contributed by atoms with van der Waals surface area (Å²) < 4.78 is 10.7. The van der Waals surface area contributed by atoms with E-state index in [0.717, 1.165) is 37.2 Å². The van der Waals surface area contributed by atoms with E-state index in [9.17, 15) is 4.79 Å². The molecule has 1 saturated carbocycles. The van der Waals surface area contributed by atoms with E-state index in [4.69, 9.17) is 9.47 Å². The molecule has 0 heterocycles. The molecule has 4 nitrogen and oxygen atoms in total. The normalized spacial score (nSPS) is 15.5. The summed E-state index contributed by atoms with van der Waals surface area (Å²) in [6, 6.07) is 6.06. The zero-order valence-corrected chi connectivity index (χ0v) is 14.1. The molecule has 1 N–H and O–H groups in total. The summed E-state index contributed by atoms with van der Waals surface area (Å²) in [5, 5.41) is 3.14. The number of hydrogen-bond donors (Lipinski definition) is 1. The zero-order valence-electron chi connectivity index (χ0n) is 14.1. The van der Waals surface area contributed by atoms with Gasteiger partial charge in [-0.15, -0.1) is 0 Å². The van der Waals surface area contributed by atoms with Crippen molar-refractivity contribution < 1.29 is 14.3 Å². The number of hydrogen-bond acceptors (Lipinski definition) is 3. The van der Waals surface area contributed by atoms with E-state index in [1.807, 2.05) is 12.1 Å². The molecule has 0 unspecified atom stereocenters. The van der Waals surface area contributed by atoms with Crippen LogP contribution in [0.1, 0.15) is 45.1 Å². The van der Waals surface area contributed by atoms with E-state index in [1.54, 1.807) is 14.2 Å². The lowest BCUT2D eigenvalue weighted by Crippen LogP contribution is -2.36. The largest absolute Gasteiger partial charge is 0.493 e. The van der Waals surface area contributed by atoms with E-state index in [0.29, 0.717) is 6.54 Å². The van der Waals surface area contributed by atoms with Crippen molar-refractivity contribution in [1.82, 2.24) is 5.32 Å². The molecule has 22 heavy (non-hydrogen) atoms. The van der Waals surface area contributed by atoms with Crippen molar-refractivity contribution in [3.63, 3.8) is 0 Å². The van der Waals surface area contributed by atoms with Gasteiger partial charge in [-0.1, -0.05) is 19.9 Å². The SMILES string of the molecule is CCC(CC)C(=O)NCC1(c2ccc(OC)c(OC)c2)CC1. The Morgan fingerprint density at radius 1 is 1.18 bits per heavy atom. The maximum Gasteiger partial charge on any atom is 0.223 e. The molecule has 1 aromatic rings. The molecular formula is C18H27NO3. The standard InChI is InChI=1S/C18H27NO3/c1-5-13(6-2)17(20)19-12-18(9-10-18)14-7-8-15(21-3)16(11-14)22-4/h7-8,11,13H,5-6,9-10,12H2,1-4H3,(H,19,20). The summed E-state index contributed by atoms with van der Waals surface area (Å²) in [7, 11) is 3.29. The molecule has 4 heteroatoms. The molecule has 1 aliphatic rings. The summed E-state index contributed by atoms with van der Waals surface area (Å²) in [5.41, 5.74) is 1.29. The van der Waals surface area contributed by atoms with Crippen molar-refractivity contribution in [2.75, 3.05) is 20.8 Å². The van der Waals surface area contributed by atoms with E-state index < -0.39 is 0 Å². The quantitative estimate of drug-likeness (QED) is 0.801. The molecule has 1 aromatic carbocycles.